The van der Waals surface area contributed by atoms with Crippen molar-refractivity contribution in [2.24, 2.45) is 10.2 Å². The molecule has 0 aromatic carbocycles. The van der Waals surface area contributed by atoms with Gasteiger partial charge in [-0.05, 0) is 0 Å². The van der Waals surface area contributed by atoms with Crippen LogP contribution in [0.15, 0.2) is 10.2 Å². The van der Waals surface area contributed by atoms with Gasteiger partial charge in [-0.3, -0.25) is 4.79 Å². The maximum atomic E-state index is 11.3. The molecule has 1 rings (SSSR count). The Hall–Kier alpha value is -1.46. The molecule has 1 N–H and O–H groups in total. The molecule has 0 saturated heterocycles. The quantitative estimate of drug-likeness (QED) is 0.607. The second-order valence-corrected chi connectivity index (χ2v) is 2.75. The van der Waals surface area contributed by atoms with Crippen LogP contribution in [0.4, 0.5) is 0 Å². The number of carbonyl (C=O) groups excluding carboxylic acids is 2. The fraction of sp³-hybridized carbons (Fsp3) is 0.714. The molecule has 1 heterocycles. The lowest BCUT2D eigenvalue weighted by molar-refractivity contribution is -0.150. The predicted molar refractivity (Wildman–Crippen MR) is 42.9 cm³/mol. The molecule has 0 aromatic rings. The molecule has 72 valence electrons. The molecule has 0 saturated carbocycles. The Morgan fingerprint density at radius 1 is 1.54 bits per heavy atom. The van der Waals surface area contributed by atoms with Gasteiger partial charge in [0.25, 0.3) is 5.66 Å². The zero-order valence-corrected chi connectivity index (χ0v) is 7.53. The van der Waals surface area contributed by atoms with Crippen LogP contribution in [0.1, 0.15) is 13.3 Å². The van der Waals surface area contributed by atoms with Crippen molar-refractivity contribution in [2.75, 3.05) is 13.7 Å². The van der Waals surface area contributed by atoms with Crippen molar-refractivity contribution >= 4 is 11.9 Å². The van der Waals surface area contributed by atoms with Gasteiger partial charge in [-0.1, -0.05) is 0 Å². The lowest BCUT2D eigenvalue weighted by Gasteiger charge is -2.21. The zero-order chi connectivity index (χ0) is 9.90. The summed E-state index contributed by atoms with van der Waals surface area (Å²) in [6.45, 7) is 1.74. The second-order valence-electron chi connectivity index (χ2n) is 2.75. The highest BCUT2D eigenvalue weighted by Crippen LogP contribution is 2.21. The van der Waals surface area contributed by atoms with Gasteiger partial charge < -0.3 is 10.1 Å². The summed E-state index contributed by atoms with van der Waals surface area (Å²) in [6.07, 6.45) is 0.360. The van der Waals surface area contributed by atoms with E-state index in [1.807, 2.05) is 0 Å². The third-order valence-corrected chi connectivity index (χ3v) is 1.72. The van der Waals surface area contributed by atoms with E-state index in [9.17, 15) is 9.59 Å². The number of methoxy groups -OCH3 is 1. The third-order valence-electron chi connectivity index (χ3n) is 1.72. The Labute approximate surface area is 75.4 Å². The molecule has 1 aliphatic rings. The Bertz CT molecular complexity index is 264. The summed E-state index contributed by atoms with van der Waals surface area (Å²) >= 11 is 0. The lowest BCUT2D eigenvalue weighted by atomic mass is 10.1. The molecule has 1 amide bonds. The standard InChI is InChI=1S/C7H11N3O3/c1-5(11)9-7(6(12)13-2)3-4-8-10-7/h3-4H2,1-2H3,(H,9,11). The zero-order valence-electron chi connectivity index (χ0n) is 7.53. The van der Waals surface area contributed by atoms with Crippen LogP contribution in [-0.4, -0.2) is 31.2 Å². The minimum Gasteiger partial charge on any atom is -0.466 e. The fourth-order valence-electron chi connectivity index (χ4n) is 1.17. The summed E-state index contributed by atoms with van der Waals surface area (Å²) in [7, 11) is 1.25. The molecule has 1 atom stereocenters. The molecule has 6 heteroatoms. The Morgan fingerprint density at radius 2 is 2.23 bits per heavy atom. The van der Waals surface area contributed by atoms with E-state index >= 15 is 0 Å². The van der Waals surface area contributed by atoms with Gasteiger partial charge in [0, 0.05) is 13.3 Å². The van der Waals surface area contributed by atoms with Crippen LogP contribution in [0.5, 0.6) is 0 Å². The number of amides is 1. The SMILES string of the molecule is COC(=O)C1(NC(C)=O)CCN=N1. The van der Waals surface area contributed by atoms with Gasteiger partial charge in [-0.15, -0.1) is 0 Å². The van der Waals surface area contributed by atoms with Gasteiger partial charge in [-0.25, -0.2) is 4.79 Å². The molecular weight excluding hydrogens is 174 g/mol. The van der Waals surface area contributed by atoms with E-state index in [-0.39, 0.29) is 5.91 Å². The van der Waals surface area contributed by atoms with Crippen molar-refractivity contribution in [1.29, 1.82) is 0 Å². The summed E-state index contributed by atoms with van der Waals surface area (Å²) in [6, 6.07) is 0. The van der Waals surface area contributed by atoms with Gasteiger partial charge in [0.2, 0.25) is 5.91 Å². The molecule has 0 spiro atoms. The maximum absolute atomic E-state index is 11.3. The first-order valence-corrected chi connectivity index (χ1v) is 3.86. The third kappa shape index (κ3) is 1.82. The van der Waals surface area contributed by atoms with Crippen LogP contribution < -0.4 is 5.32 Å². The Balaban J connectivity index is 2.81. The molecule has 0 fully saturated rings. The first-order chi connectivity index (χ1) is 6.10. The van der Waals surface area contributed by atoms with Crippen molar-refractivity contribution in [2.45, 2.75) is 19.0 Å². The van der Waals surface area contributed by atoms with Crippen molar-refractivity contribution < 1.29 is 14.3 Å². The average Bonchev–Trinajstić information content (AvgIpc) is 2.51. The molecule has 0 bridgehead atoms. The summed E-state index contributed by atoms with van der Waals surface area (Å²) < 4.78 is 4.53. The van der Waals surface area contributed by atoms with E-state index in [1.165, 1.54) is 14.0 Å². The predicted octanol–water partition coefficient (Wildman–Crippen LogP) is -0.152. The number of esters is 1. The topological polar surface area (TPSA) is 80.1 Å². The molecular formula is C7H11N3O3. The normalized spacial score (nSPS) is 25.7. The molecule has 0 radical (unpaired) electrons. The van der Waals surface area contributed by atoms with Crippen LogP contribution in [0, 0.1) is 0 Å². The lowest BCUT2D eigenvalue weighted by Crippen LogP contribution is -2.51. The number of rotatable bonds is 2. The van der Waals surface area contributed by atoms with E-state index < -0.39 is 11.6 Å². The molecule has 0 aromatic heterocycles. The van der Waals surface area contributed by atoms with Crippen LogP contribution in [-0.2, 0) is 14.3 Å². The highest BCUT2D eigenvalue weighted by atomic mass is 16.5. The van der Waals surface area contributed by atoms with Gasteiger partial charge >= 0.3 is 5.97 Å². The van der Waals surface area contributed by atoms with Crippen LogP contribution in [0.3, 0.4) is 0 Å². The van der Waals surface area contributed by atoms with Crippen molar-refractivity contribution in [1.82, 2.24) is 5.32 Å². The van der Waals surface area contributed by atoms with Gasteiger partial charge in [0.1, 0.15) is 0 Å². The van der Waals surface area contributed by atoms with Crippen LogP contribution in [0.25, 0.3) is 0 Å². The number of ether oxygens (including phenoxy) is 1. The average molecular weight is 185 g/mol. The highest BCUT2D eigenvalue weighted by molar-refractivity contribution is 5.87. The summed E-state index contributed by atoms with van der Waals surface area (Å²) in [5, 5.41) is 9.80. The Kier molecular flexibility index (Phi) is 2.60. The minimum absolute atomic E-state index is 0.328. The molecule has 1 unspecified atom stereocenters. The number of hydrogen-bond acceptors (Lipinski definition) is 5. The smallest absolute Gasteiger partial charge is 0.356 e. The minimum atomic E-state index is -1.28. The van der Waals surface area contributed by atoms with E-state index in [0.717, 1.165) is 0 Å². The highest BCUT2D eigenvalue weighted by Gasteiger charge is 2.43. The molecule has 13 heavy (non-hydrogen) atoms. The van der Waals surface area contributed by atoms with Gasteiger partial charge in [-0.2, -0.15) is 10.2 Å². The van der Waals surface area contributed by atoms with E-state index in [1.54, 1.807) is 0 Å². The van der Waals surface area contributed by atoms with E-state index in [4.69, 9.17) is 0 Å². The largest absolute Gasteiger partial charge is 0.466 e. The van der Waals surface area contributed by atoms with Crippen LogP contribution >= 0.6 is 0 Å². The fourth-order valence-corrected chi connectivity index (χ4v) is 1.17. The number of nitrogens with zero attached hydrogens (tertiary/aromatic N) is 2. The van der Waals surface area contributed by atoms with Gasteiger partial charge in [0.05, 0.1) is 13.7 Å². The monoisotopic (exact) mass is 185 g/mol. The van der Waals surface area contributed by atoms with Crippen molar-refractivity contribution in [3.05, 3.63) is 0 Å². The van der Waals surface area contributed by atoms with Crippen molar-refractivity contribution in [3.8, 4) is 0 Å². The molecule has 0 aliphatic carbocycles. The number of nitrogens with one attached hydrogen (secondary N) is 1. The number of carbonyl (C=O) groups is 2. The summed E-state index contributed by atoms with van der Waals surface area (Å²) in [4.78, 5) is 22.1. The van der Waals surface area contributed by atoms with Crippen LogP contribution in [0.2, 0.25) is 0 Å². The molecule has 1 aliphatic heterocycles. The maximum Gasteiger partial charge on any atom is 0.356 e. The van der Waals surface area contributed by atoms with E-state index in [0.29, 0.717) is 13.0 Å². The second kappa shape index (κ2) is 3.51. The first kappa shape index (κ1) is 9.63. The van der Waals surface area contributed by atoms with E-state index in [2.05, 4.69) is 20.3 Å². The van der Waals surface area contributed by atoms with Crippen molar-refractivity contribution in [3.63, 3.8) is 0 Å². The summed E-state index contributed by atoms with van der Waals surface area (Å²) in [5.74, 6) is -0.907. The molecule has 6 nitrogen and oxygen atoms in total. The number of azo groups is 1. The van der Waals surface area contributed by atoms with Gasteiger partial charge in [0.15, 0.2) is 0 Å². The Morgan fingerprint density at radius 3 is 2.62 bits per heavy atom. The summed E-state index contributed by atoms with van der Waals surface area (Å²) in [5.41, 5.74) is -1.28. The number of hydrogen-bond donors (Lipinski definition) is 1. The first-order valence-electron chi connectivity index (χ1n) is 3.86.